The van der Waals surface area contributed by atoms with E-state index in [-0.39, 0.29) is 5.69 Å². The third-order valence-corrected chi connectivity index (χ3v) is 4.01. The number of benzene rings is 1. The first kappa shape index (κ1) is 15.0. The number of anilines is 1. The van der Waals surface area contributed by atoms with Gasteiger partial charge in [-0.05, 0) is 41.8 Å². The van der Waals surface area contributed by atoms with E-state index in [4.69, 9.17) is 4.74 Å². The van der Waals surface area contributed by atoms with Crippen LogP contribution < -0.4 is 15.7 Å². The predicted molar refractivity (Wildman–Crippen MR) is 89.1 cm³/mol. The van der Waals surface area contributed by atoms with E-state index in [0.29, 0.717) is 17.1 Å². The van der Waals surface area contributed by atoms with Crippen LogP contribution in [0.2, 0.25) is 0 Å². The molecule has 23 heavy (non-hydrogen) atoms. The Hall–Kier alpha value is -2.93. The molecule has 0 aliphatic carbocycles. The van der Waals surface area contributed by atoms with Crippen LogP contribution in [0.4, 0.5) is 5.69 Å². The van der Waals surface area contributed by atoms with E-state index < -0.39 is 11.6 Å². The molecule has 2 N–H and O–H groups in total. The number of rotatable bonds is 4. The van der Waals surface area contributed by atoms with Crippen molar-refractivity contribution in [2.24, 2.45) is 0 Å². The van der Waals surface area contributed by atoms with Crippen LogP contribution in [0.3, 0.4) is 0 Å². The van der Waals surface area contributed by atoms with Crippen LogP contribution in [0.15, 0.2) is 52.6 Å². The lowest BCUT2D eigenvalue weighted by molar-refractivity contribution is 0.102. The second-order valence-corrected chi connectivity index (χ2v) is 5.59. The number of aromatic nitrogens is 2. The summed E-state index contributed by atoms with van der Waals surface area (Å²) in [5.74, 6) is 0.247. The lowest BCUT2D eigenvalue weighted by Gasteiger charge is -2.06. The number of thiophene rings is 1. The lowest BCUT2D eigenvalue weighted by Crippen LogP contribution is -2.20. The van der Waals surface area contributed by atoms with Gasteiger partial charge in [0, 0.05) is 5.69 Å². The first-order chi connectivity index (χ1) is 11.2. The summed E-state index contributed by atoms with van der Waals surface area (Å²) in [6.45, 7) is 0. The maximum absolute atomic E-state index is 12.3. The zero-order valence-electron chi connectivity index (χ0n) is 12.2. The molecule has 0 fully saturated rings. The van der Waals surface area contributed by atoms with Crippen LogP contribution in [-0.4, -0.2) is 23.0 Å². The Bertz CT molecular complexity index is 870. The fraction of sp³-hybridized carbons (Fsp3) is 0.0625. The van der Waals surface area contributed by atoms with Crippen molar-refractivity contribution in [3.63, 3.8) is 0 Å². The highest BCUT2D eigenvalue weighted by atomic mass is 32.1. The number of carbonyl (C=O) groups is 1. The molecule has 2 heterocycles. The minimum Gasteiger partial charge on any atom is -0.497 e. The van der Waals surface area contributed by atoms with Crippen molar-refractivity contribution in [1.29, 1.82) is 0 Å². The van der Waals surface area contributed by atoms with E-state index in [0.717, 1.165) is 4.88 Å². The molecule has 0 aliphatic heterocycles. The van der Waals surface area contributed by atoms with Gasteiger partial charge in [0.15, 0.2) is 0 Å². The van der Waals surface area contributed by atoms with E-state index in [2.05, 4.69) is 15.3 Å². The zero-order valence-corrected chi connectivity index (χ0v) is 13.0. The van der Waals surface area contributed by atoms with E-state index >= 15 is 0 Å². The Morgan fingerprint density at radius 1 is 1.26 bits per heavy atom. The van der Waals surface area contributed by atoms with Crippen molar-refractivity contribution in [1.82, 2.24) is 9.97 Å². The quantitative estimate of drug-likeness (QED) is 0.772. The number of hydrogen-bond donors (Lipinski definition) is 2. The summed E-state index contributed by atoms with van der Waals surface area (Å²) in [6, 6.07) is 12.2. The molecule has 0 aliphatic rings. The van der Waals surface area contributed by atoms with Crippen molar-refractivity contribution in [3.8, 4) is 16.3 Å². The molecule has 6 nitrogen and oxygen atoms in total. The summed E-state index contributed by atoms with van der Waals surface area (Å²) in [6.07, 6.45) is 0. The molecule has 2 aromatic heterocycles. The number of carbonyl (C=O) groups excluding carboxylic acids is 1. The van der Waals surface area contributed by atoms with Gasteiger partial charge in [-0.15, -0.1) is 11.3 Å². The largest absolute Gasteiger partial charge is 0.497 e. The number of nitrogens with zero attached hydrogens (tertiary/aromatic N) is 1. The molecule has 1 amide bonds. The van der Waals surface area contributed by atoms with Gasteiger partial charge in [-0.2, -0.15) is 4.98 Å². The Labute approximate surface area is 135 Å². The van der Waals surface area contributed by atoms with Gasteiger partial charge >= 0.3 is 5.69 Å². The Kier molecular flexibility index (Phi) is 4.20. The minimum absolute atomic E-state index is 0.0629. The van der Waals surface area contributed by atoms with Gasteiger partial charge in [-0.3, -0.25) is 4.79 Å². The van der Waals surface area contributed by atoms with Crippen LogP contribution in [0.5, 0.6) is 5.75 Å². The molecule has 7 heteroatoms. The van der Waals surface area contributed by atoms with E-state index in [1.54, 1.807) is 37.4 Å². The smallest absolute Gasteiger partial charge is 0.346 e. The first-order valence-electron chi connectivity index (χ1n) is 6.76. The SMILES string of the molecule is COc1ccc(NC(=O)c2cc(-c3cccs3)[nH]c(=O)n2)cc1. The molecule has 0 unspecified atom stereocenters. The van der Waals surface area contributed by atoms with E-state index in [1.165, 1.54) is 11.3 Å². The van der Waals surface area contributed by atoms with Gasteiger partial charge in [-0.25, -0.2) is 4.79 Å². The van der Waals surface area contributed by atoms with E-state index in [9.17, 15) is 9.59 Å². The van der Waals surface area contributed by atoms with Crippen LogP contribution in [-0.2, 0) is 0 Å². The van der Waals surface area contributed by atoms with Gasteiger partial charge in [-0.1, -0.05) is 6.07 Å². The monoisotopic (exact) mass is 327 g/mol. The molecule has 3 aromatic rings. The maximum atomic E-state index is 12.3. The Morgan fingerprint density at radius 2 is 2.04 bits per heavy atom. The minimum atomic E-state index is -0.559. The van der Waals surface area contributed by atoms with Crippen molar-refractivity contribution in [3.05, 3.63) is 64.0 Å². The summed E-state index contributed by atoms with van der Waals surface area (Å²) in [4.78, 5) is 31.2. The van der Waals surface area contributed by atoms with Crippen LogP contribution >= 0.6 is 11.3 Å². The summed E-state index contributed by atoms with van der Waals surface area (Å²) in [5, 5.41) is 4.60. The summed E-state index contributed by atoms with van der Waals surface area (Å²) < 4.78 is 5.06. The van der Waals surface area contributed by atoms with Crippen LogP contribution in [0.1, 0.15) is 10.5 Å². The third-order valence-electron chi connectivity index (χ3n) is 3.11. The molecule has 0 radical (unpaired) electrons. The molecule has 116 valence electrons. The Balaban J connectivity index is 1.85. The molecular weight excluding hydrogens is 314 g/mol. The van der Waals surface area contributed by atoms with Crippen LogP contribution in [0, 0.1) is 0 Å². The number of ether oxygens (including phenoxy) is 1. The van der Waals surface area contributed by atoms with Crippen molar-refractivity contribution >= 4 is 22.9 Å². The van der Waals surface area contributed by atoms with Gasteiger partial charge in [0.25, 0.3) is 5.91 Å². The van der Waals surface area contributed by atoms with Gasteiger partial charge in [0.05, 0.1) is 17.7 Å². The topological polar surface area (TPSA) is 84.1 Å². The highest BCUT2D eigenvalue weighted by Crippen LogP contribution is 2.22. The van der Waals surface area contributed by atoms with E-state index in [1.807, 2.05) is 17.5 Å². The predicted octanol–water partition coefficient (Wildman–Crippen LogP) is 2.76. The first-order valence-corrected chi connectivity index (χ1v) is 7.64. The molecular formula is C16H13N3O3S. The second-order valence-electron chi connectivity index (χ2n) is 4.65. The average Bonchev–Trinajstić information content (AvgIpc) is 3.09. The molecule has 0 saturated heterocycles. The van der Waals surface area contributed by atoms with Gasteiger partial charge in [0.2, 0.25) is 0 Å². The van der Waals surface area contributed by atoms with Crippen molar-refractivity contribution in [2.45, 2.75) is 0 Å². The van der Waals surface area contributed by atoms with Crippen molar-refractivity contribution in [2.75, 3.05) is 12.4 Å². The van der Waals surface area contributed by atoms with Gasteiger partial charge in [0.1, 0.15) is 11.4 Å². The molecule has 0 bridgehead atoms. The number of hydrogen-bond acceptors (Lipinski definition) is 5. The average molecular weight is 327 g/mol. The number of amides is 1. The summed E-state index contributed by atoms with van der Waals surface area (Å²) in [7, 11) is 1.57. The Morgan fingerprint density at radius 3 is 2.70 bits per heavy atom. The fourth-order valence-electron chi connectivity index (χ4n) is 2.01. The van der Waals surface area contributed by atoms with Gasteiger partial charge < -0.3 is 15.0 Å². The number of methoxy groups -OCH3 is 1. The zero-order chi connectivity index (χ0) is 16.2. The second kappa shape index (κ2) is 6.45. The normalized spacial score (nSPS) is 10.3. The number of nitrogens with one attached hydrogen (secondary N) is 2. The molecule has 0 atom stereocenters. The highest BCUT2D eigenvalue weighted by molar-refractivity contribution is 7.13. The standard InChI is InChI=1S/C16H13N3O3S/c1-22-11-6-4-10(5-7-11)17-15(20)13-9-12(18-16(21)19-13)14-3-2-8-23-14/h2-9H,1H3,(H,17,20)(H,18,19,21). The van der Waals surface area contributed by atoms with Crippen molar-refractivity contribution < 1.29 is 9.53 Å². The number of H-pyrrole nitrogens is 1. The summed E-state index contributed by atoms with van der Waals surface area (Å²) in [5.41, 5.74) is 0.666. The summed E-state index contributed by atoms with van der Waals surface area (Å²) >= 11 is 1.47. The maximum Gasteiger partial charge on any atom is 0.346 e. The van der Waals surface area contributed by atoms with Crippen LogP contribution in [0.25, 0.3) is 10.6 Å². The third kappa shape index (κ3) is 3.46. The molecule has 0 saturated carbocycles. The fourth-order valence-corrected chi connectivity index (χ4v) is 2.71. The highest BCUT2D eigenvalue weighted by Gasteiger charge is 2.12. The molecule has 3 rings (SSSR count). The molecule has 0 spiro atoms. The molecule has 1 aromatic carbocycles. The lowest BCUT2D eigenvalue weighted by atomic mass is 10.2. The number of aromatic amines is 1.